The molecule has 0 amide bonds. The third kappa shape index (κ3) is 5.44. The first-order valence-electron chi connectivity index (χ1n) is 10.4. The van der Waals surface area contributed by atoms with Gasteiger partial charge in [-0.2, -0.15) is 5.10 Å². The number of nitrogens with zero attached hydrogens (tertiary/aromatic N) is 2. The van der Waals surface area contributed by atoms with E-state index in [9.17, 15) is 18.5 Å². The first-order chi connectivity index (χ1) is 16.8. The van der Waals surface area contributed by atoms with Crippen molar-refractivity contribution in [3.05, 3.63) is 76.3 Å². The Balaban J connectivity index is 1.64. The first-order valence-corrected chi connectivity index (χ1v) is 11.9. The molecule has 2 N–H and O–H groups in total. The molecule has 0 aromatic heterocycles. The molecule has 0 bridgehead atoms. The highest BCUT2D eigenvalue weighted by molar-refractivity contribution is 7.92. The molecule has 3 aromatic rings. The molecule has 1 aliphatic heterocycles. The van der Waals surface area contributed by atoms with E-state index >= 15 is 0 Å². The molecule has 0 fully saturated rings. The highest BCUT2D eigenvalue weighted by Crippen LogP contribution is 2.32. The van der Waals surface area contributed by atoms with Crippen LogP contribution in [0.15, 0.2) is 70.7 Å². The molecule has 0 aliphatic carbocycles. The second-order valence-electron chi connectivity index (χ2n) is 7.44. The van der Waals surface area contributed by atoms with E-state index < -0.39 is 14.9 Å². The number of methoxy groups -OCH3 is 1. The third-order valence-corrected chi connectivity index (χ3v) is 6.53. The number of benzene rings is 3. The largest absolute Gasteiger partial charge is 0.497 e. The number of rotatable bonds is 8. The van der Waals surface area contributed by atoms with Gasteiger partial charge in [0.05, 0.1) is 23.4 Å². The SMILES string of the molecule is COc1ccc(NS(=O)(=O)c2cc([N+](=O)[O-])ccc2NN=C(C)c2ccc3c(c2)OCCO3)cc1. The number of nitro benzene ring substituents is 1. The van der Waals surface area contributed by atoms with Gasteiger partial charge in [0.2, 0.25) is 0 Å². The summed E-state index contributed by atoms with van der Waals surface area (Å²) in [4.78, 5) is 10.3. The average molecular weight is 499 g/mol. The van der Waals surface area contributed by atoms with Gasteiger partial charge in [-0.25, -0.2) is 8.42 Å². The van der Waals surface area contributed by atoms with Gasteiger partial charge in [0.25, 0.3) is 15.7 Å². The predicted molar refractivity (Wildman–Crippen MR) is 130 cm³/mol. The molecule has 1 aliphatic rings. The maximum Gasteiger partial charge on any atom is 0.270 e. The summed E-state index contributed by atoms with van der Waals surface area (Å²) in [6.45, 7) is 2.65. The Bertz CT molecular complexity index is 1390. The predicted octanol–water partition coefficient (Wildman–Crippen LogP) is 4.01. The summed E-state index contributed by atoms with van der Waals surface area (Å²) in [5, 5.41) is 15.6. The topological polar surface area (TPSA) is 141 Å². The minimum atomic E-state index is -4.21. The average Bonchev–Trinajstić information content (AvgIpc) is 2.87. The van der Waals surface area contributed by atoms with Gasteiger partial charge in [-0.3, -0.25) is 20.3 Å². The lowest BCUT2D eigenvalue weighted by Crippen LogP contribution is -2.16. The van der Waals surface area contributed by atoms with Crippen LogP contribution in [0.25, 0.3) is 0 Å². The fourth-order valence-corrected chi connectivity index (χ4v) is 4.52. The summed E-state index contributed by atoms with van der Waals surface area (Å²) in [6, 6.07) is 15.0. The molecule has 182 valence electrons. The van der Waals surface area contributed by atoms with Gasteiger partial charge >= 0.3 is 0 Å². The van der Waals surface area contributed by atoms with Crippen molar-refractivity contribution in [3.63, 3.8) is 0 Å². The number of anilines is 2. The molecule has 0 saturated carbocycles. The van der Waals surface area contributed by atoms with Crippen LogP contribution in [0.3, 0.4) is 0 Å². The molecule has 3 aromatic carbocycles. The Labute approximate surface area is 201 Å². The minimum absolute atomic E-state index is 0.0634. The van der Waals surface area contributed by atoms with Crippen molar-refractivity contribution in [1.82, 2.24) is 0 Å². The molecular formula is C23H22N4O7S. The Morgan fingerprint density at radius 3 is 2.43 bits per heavy atom. The number of sulfonamides is 1. The maximum atomic E-state index is 13.1. The molecule has 0 saturated heterocycles. The lowest BCUT2D eigenvalue weighted by molar-refractivity contribution is -0.385. The summed E-state index contributed by atoms with van der Waals surface area (Å²) in [6.07, 6.45) is 0. The molecule has 11 nitrogen and oxygen atoms in total. The number of nitrogens with one attached hydrogen (secondary N) is 2. The van der Waals surface area contributed by atoms with Crippen molar-refractivity contribution in [3.8, 4) is 17.2 Å². The molecule has 0 radical (unpaired) electrons. The molecular weight excluding hydrogens is 476 g/mol. The number of fused-ring (bicyclic) bond motifs is 1. The van der Waals surface area contributed by atoms with Crippen LogP contribution in [0.2, 0.25) is 0 Å². The van der Waals surface area contributed by atoms with Gasteiger partial charge in [0.15, 0.2) is 11.5 Å². The van der Waals surface area contributed by atoms with E-state index in [4.69, 9.17) is 14.2 Å². The fraction of sp³-hybridized carbons (Fsp3) is 0.174. The Kier molecular flexibility index (Phi) is 6.73. The molecule has 1 heterocycles. The van der Waals surface area contributed by atoms with Crippen LogP contribution in [0.4, 0.5) is 17.1 Å². The zero-order valence-electron chi connectivity index (χ0n) is 18.8. The van der Waals surface area contributed by atoms with E-state index in [0.29, 0.717) is 36.2 Å². The maximum absolute atomic E-state index is 13.1. The van der Waals surface area contributed by atoms with Crippen LogP contribution in [0.1, 0.15) is 12.5 Å². The number of ether oxygens (including phenoxy) is 3. The highest BCUT2D eigenvalue weighted by Gasteiger charge is 2.23. The zero-order chi connectivity index (χ0) is 25.0. The van der Waals surface area contributed by atoms with E-state index in [0.717, 1.165) is 11.6 Å². The van der Waals surface area contributed by atoms with Gasteiger partial charge in [-0.15, -0.1) is 0 Å². The summed E-state index contributed by atoms with van der Waals surface area (Å²) < 4.78 is 44.9. The third-order valence-electron chi connectivity index (χ3n) is 5.11. The molecule has 0 atom stereocenters. The van der Waals surface area contributed by atoms with Crippen molar-refractivity contribution >= 4 is 32.8 Å². The van der Waals surface area contributed by atoms with Crippen LogP contribution in [-0.2, 0) is 10.0 Å². The summed E-state index contributed by atoms with van der Waals surface area (Å²) >= 11 is 0. The van der Waals surface area contributed by atoms with Crippen LogP contribution >= 0.6 is 0 Å². The van der Waals surface area contributed by atoms with Crippen LogP contribution in [0, 0.1) is 10.1 Å². The Morgan fingerprint density at radius 2 is 1.74 bits per heavy atom. The quantitative estimate of drug-likeness (QED) is 0.270. The van der Waals surface area contributed by atoms with Gasteiger partial charge in [-0.05, 0) is 55.5 Å². The zero-order valence-corrected chi connectivity index (χ0v) is 19.7. The van der Waals surface area contributed by atoms with Gasteiger partial charge < -0.3 is 14.2 Å². The van der Waals surface area contributed by atoms with Crippen molar-refractivity contribution in [2.75, 3.05) is 30.5 Å². The Morgan fingerprint density at radius 1 is 1.03 bits per heavy atom. The van der Waals surface area contributed by atoms with Gasteiger partial charge in [0, 0.05) is 23.4 Å². The molecule has 0 spiro atoms. The minimum Gasteiger partial charge on any atom is -0.497 e. The van der Waals surface area contributed by atoms with E-state index in [-0.39, 0.29) is 22.0 Å². The lowest BCUT2D eigenvalue weighted by Gasteiger charge is -2.18. The molecule has 35 heavy (non-hydrogen) atoms. The van der Waals surface area contributed by atoms with Crippen LogP contribution in [0.5, 0.6) is 17.2 Å². The summed E-state index contributed by atoms with van der Waals surface area (Å²) in [5.74, 6) is 1.77. The number of hydrazone groups is 1. The number of non-ortho nitro benzene ring substituents is 1. The number of hydrogen-bond donors (Lipinski definition) is 2. The molecule has 0 unspecified atom stereocenters. The monoisotopic (exact) mass is 498 g/mol. The van der Waals surface area contributed by atoms with Gasteiger partial charge in [0.1, 0.15) is 23.9 Å². The Hall–Kier alpha value is -4.32. The van der Waals surface area contributed by atoms with Crippen molar-refractivity contribution in [2.24, 2.45) is 5.10 Å². The van der Waals surface area contributed by atoms with Crippen molar-refractivity contribution in [2.45, 2.75) is 11.8 Å². The number of hydrogen-bond acceptors (Lipinski definition) is 9. The van der Waals surface area contributed by atoms with E-state index in [2.05, 4.69) is 15.2 Å². The second-order valence-corrected chi connectivity index (χ2v) is 9.09. The number of nitro groups is 1. The summed E-state index contributed by atoms with van der Waals surface area (Å²) in [7, 11) is -2.71. The van der Waals surface area contributed by atoms with E-state index in [1.54, 1.807) is 37.3 Å². The standard InChI is InChI=1S/C23H22N4O7S/c1-15(16-3-10-21-22(13-16)34-12-11-33-21)24-25-20-9-6-18(27(28)29)14-23(20)35(30,31)26-17-4-7-19(32-2)8-5-17/h3-10,13-14,25-26H,11-12H2,1-2H3. The van der Waals surface area contributed by atoms with Crippen LogP contribution in [-0.4, -0.2) is 39.4 Å². The smallest absolute Gasteiger partial charge is 0.270 e. The molecule has 12 heteroatoms. The first kappa shape index (κ1) is 23.8. The normalized spacial score (nSPS) is 13.1. The lowest BCUT2D eigenvalue weighted by atomic mass is 10.1. The second kappa shape index (κ2) is 9.89. The van der Waals surface area contributed by atoms with E-state index in [1.165, 1.54) is 31.4 Å². The van der Waals surface area contributed by atoms with Gasteiger partial charge in [-0.1, -0.05) is 0 Å². The van der Waals surface area contributed by atoms with Crippen molar-refractivity contribution < 1.29 is 27.6 Å². The molecule has 4 rings (SSSR count). The van der Waals surface area contributed by atoms with Crippen molar-refractivity contribution in [1.29, 1.82) is 0 Å². The highest BCUT2D eigenvalue weighted by atomic mass is 32.2. The van der Waals surface area contributed by atoms with E-state index in [1.807, 2.05) is 0 Å². The fourth-order valence-electron chi connectivity index (χ4n) is 3.29. The summed E-state index contributed by atoms with van der Waals surface area (Å²) in [5.41, 5.74) is 3.93. The van der Waals surface area contributed by atoms with Crippen LogP contribution < -0.4 is 24.4 Å².